The standard InChI is InChI=1S/C23H34N3O3S/c1-3-4-5-6-7-8-9-10-18-26-22-24-16-11-17-25(22)19-23(26,27)20-12-14-21(15-13-20)30(2,28)29/h11-17,27H,3-10,18-19H2,1-2H3/q+1. The van der Waals surface area contributed by atoms with Crippen molar-refractivity contribution in [1.82, 2.24) is 4.98 Å². The predicted octanol–water partition coefficient (Wildman–Crippen LogP) is 3.58. The Labute approximate surface area is 180 Å². The second kappa shape index (κ2) is 9.88. The molecule has 0 fully saturated rings. The molecule has 1 aromatic heterocycles. The fourth-order valence-electron chi connectivity index (χ4n) is 4.13. The third-order valence-electron chi connectivity index (χ3n) is 5.86. The first kappa shape index (κ1) is 22.7. The van der Waals surface area contributed by atoms with E-state index >= 15 is 0 Å². The fraction of sp³-hybridized carbons (Fsp3) is 0.565. The van der Waals surface area contributed by atoms with Gasteiger partial charge in [-0.25, -0.2) is 17.9 Å². The van der Waals surface area contributed by atoms with Gasteiger partial charge in [0.15, 0.2) is 9.84 Å². The molecule has 0 saturated carbocycles. The predicted molar refractivity (Wildman–Crippen MR) is 118 cm³/mol. The quantitative estimate of drug-likeness (QED) is 0.434. The number of aliphatic hydroxyl groups is 1. The number of aromatic nitrogens is 2. The van der Waals surface area contributed by atoms with Crippen LogP contribution in [0.25, 0.3) is 0 Å². The Balaban J connectivity index is 1.70. The summed E-state index contributed by atoms with van der Waals surface area (Å²) in [5, 5.41) is 11.7. The van der Waals surface area contributed by atoms with Crippen molar-refractivity contribution in [3.63, 3.8) is 0 Å². The zero-order valence-corrected chi connectivity index (χ0v) is 18.9. The van der Waals surface area contributed by atoms with Crippen LogP contribution in [0.5, 0.6) is 0 Å². The lowest BCUT2D eigenvalue weighted by Crippen LogP contribution is -2.46. The zero-order valence-electron chi connectivity index (χ0n) is 18.1. The molecular weight excluding hydrogens is 398 g/mol. The van der Waals surface area contributed by atoms with Crippen molar-refractivity contribution < 1.29 is 18.1 Å². The maximum atomic E-state index is 11.8. The van der Waals surface area contributed by atoms with Gasteiger partial charge in [0, 0.05) is 17.9 Å². The number of fused-ring (bicyclic) bond motifs is 1. The van der Waals surface area contributed by atoms with Crippen LogP contribution in [-0.2, 0) is 22.1 Å². The first-order chi connectivity index (χ1) is 14.4. The number of benzene rings is 1. The topological polar surface area (TPSA) is 74.4 Å². The van der Waals surface area contributed by atoms with Crippen molar-refractivity contribution in [2.75, 3.05) is 17.7 Å². The minimum absolute atomic E-state index is 0.255. The molecule has 0 spiro atoms. The van der Waals surface area contributed by atoms with Crippen LogP contribution in [0, 0.1) is 0 Å². The highest BCUT2D eigenvalue weighted by molar-refractivity contribution is 7.90. The summed E-state index contributed by atoms with van der Waals surface area (Å²) < 4.78 is 25.5. The highest BCUT2D eigenvalue weighted by Gasteiger charge is 2.51. The number of hydrogen-bond donors (Lipinski definition) is 1. The Bertz CT molecular complexity index is 931. The summed E-state index contributed by atoms with van der Waals surface area (Å²) in [6, 6.07) is 8.42. The van der Waals surface area contributed by atoms with E-state index < -0.39 is 15.6 Å². The molecule has 0 amide bonds. The second-order valence-corrected chi connectivity index (χ2v) is 10.3. The van der Waals surface area contributed by atoms with Gasteiger partial charge in [0.25, 0.3) is 0 Å². The Kier molecular flexibility index (Phi) is 7.47. The number of rotatable bonds is 11. The molecule has 2 heterocycles. The molecule has 1 aliphatic rings. The van der Waals surface area contributed by atoms with Crippen molar-refractivity contribution >= 4 is 15.8 Å². The maximum Gasteiger partial charge on any atom is 0.396 e. The molecule has 2 aromatic rings. The molecule has 1 aromatic carbocycles. The van der Waals surface area contributed by atoms with Gasteiger partial charge >= 0.3 is 5.95 Å². The summed E-state index contributed by atoms with van der Waals surface area (Å²) in [4.78, 5) is 6.71. The molecule has 30 heavy (non-hydrogen) atoms. The molecule has 0 aliphatic carbocycles. The monoisotopic (exact) mass is 432 g/mol. The minimum atomic E-state index is -3.27. The zero-order chi connectivity index (χ0) is 21.6. The van der Waals surface area contributed by atoms with Crippen molar-refractivity contribution in [1.29, 1.82) is 0 Å². The second-order valence-electron chi connectivity index (χ2n) is 8.29. The Morgan fingerprint density at radius 1 is 1.07 bits per heavy atom. The number of nitrogens with zero attached hydrogens (tertiary/aromatic N) is 3. The van der Waals surface area contributed by atoms with Gasteiger partial charge in [-0.05, 0) is 18.6 Å². The van der Waals surface area contributed by atoms with E-state index in [2.05, 4.69) is 11.9 Å². The van der Waals surface area contributed by atoms with E-state index in [0.29, 0.717) is 18.7 Å². The summed E-state index contributed by atoms with van der Waals surface area (Å²) in [5.41, 5.74) is -0.557. The first-order valence-electron chi connectivity index (χ1n) is 11.0. The van der Waals surface area contributed by atoms with E-state index in [-0.39, 0.29) is 4.90 Å². The van der Waals surface area contributed by atoms with Gasteiger partial charge in [-0.3, -0.25) is 0 Å². The average molecular weight is 433 g/mol. The highest BCUT2D eigenvalue weighted by Crippen LogP contribution is 2.34. The Hall–Kier alpha value is -1.99. The van der Waals surface area contributed by atoms with Crippen molar-refractivity contribution in [3.8, 4) is 0 Å². The molecule has 164 valence electrons. The molecule has 0 radical (unpaired) electrons. The summed E-state index contributed by atoms with van der Waals surface area (Å²) in [6.45, 7) is 3.30. The van der Waals surface area contributed by atoms with Crippen LogP contribution in [0.2, 0.25) is 0 Å². The summed E-state index contributed by atoms with van der Waals surface area (Å²) in [7, 11) is -3.27. The van der Waals surface area contributed by atoms with E-state index in [1.807, 2.05) is 21.7 Å². The minimum Gasteiger partial charge on any atom is -0.353 e. The lowest BCUT2D eigenvalue weighted by molar-refractivity contribution is -0.685. The number of anilines is 1. The van der Waals surface area contributed by atoms with Gasteiger partial charge in [0.1, 0.15) is 12.7 Å². The summed E-state index contributed by atoms with van der Waals surface area (Å²) in [5.74, 6) is 0.745. The molecule has 0 saturated heterocycles. The van der Waals surface area contributed by atoms with Gasteiger partial charge in [0.2, 0.25) is 5.72 Å². The van der Waals surface area contributed by atoms with Crippen LogP contribution in [0.3, 0.4) is 0 Å². The fourth-order valence-corrected chi connectivity index (χ4v) is 4.76. The van der Waals surface area contributed by atoms with Crippen LogP contribution in [0.4, 0.5) is 5.95 Å². The molecule has 1 N–H and O–H groups in total. The van der Waals surface area contributed by atoms with Gasteiger partial charge in [-0.1, -0.05) is 69.0 Å². The van der Waals surface area contributed by atoms with Crippen molar-refractivity contribution in [3.05, 3.63) is 48.3 Å². The van der Waals surface area contributed by atoms with E-state index in [1.54, 1.807) is 30.5 Å². The molecule has 1 atom stereocenters. The molecular formula is C23H34N3O3S+. The van der Waals surface area contributed by atoms with E-state index in [0.717, 1.165) is 18.8 Å². The normalized spacial score (nSPS) is 18.6. The molecule has 6 nitrogen and oxygen atoms in total. The molecule has 1 aliphatic heterocycles. The molecule has 1 unspecified atom stereocenters. The maximum absolute atomic E-state index is 11.8. The Morgan fingerprint density at radius 2 is 1.70 bits per heavy atom. The van der Waals surface area contributed by atoms with Crippen LogP contribution in [0.15, 0.2) is 47.6 Å². The molecule has 3 rings (SSSR count). The van der Waals surface area contributed by atoms with Crippen LogP contribution in [0.1, 0.15) is 63.9 Å². The summed E-state index contributed by atoms with van der Waals surface area (Å²) >= 11 is 0. The van der Waals surface area contributed by atoms with E-state index in [9.17, 15) is 13.5 Å². The van der Waals surface area contributed by atoms with Crippen molar-refractivity contribution in [2.45, 2.75) is 75.5 Å². The Morgan fingerprint density at radius 3 is 2.33 bits per heavy atom. The first-order valence-corrected chi connectivity index (χ1v) is 12.9. The third kappa shape index (κ3) is 5.19. The lowest BCUT2D eigenvalue weighted by atomic mass is 10.0. The third-order valence-corrected chi connectivity index (χ3v) is 6.99. The largest absolute Gasteiger partial charge is 0.396 e. The van der Waals surface area contributed by atoms with Gasteiger partial charge < -0.3 is 5.11 Å². The van der Waals surface area contributed by atoms with E-state index in [1.165, 1.54) is 44.8 Å². The SMILES string of the molecule is CCCCCCCCCCN1c2nccc[n+]2CC1(O)c1ccc(S(C)(=O)=O)cc1. The smallest absolute Gasteiger partial charge is 0.353 e. The number of hydrogen-bond acceptors (Lipinski definition) is 5. The van der Waals surface area contributed by atoms with Crippen LogP contribution >= 0.6 is 0 Å². The average Bonchev–Trinajstić information content (AvgIpc) is 3.02. The lowest BCUT2D eigenvalue weighted by Gasteiger charge is -2.28. The van der Waals surface area contributed by atoms with E-state index in [4.69, 9.17) is 0 Å². The molecule has 7 heteroatoms. The van der Waals surface area contributed by atoms with Gasteiger partial charge in [0.05, 0.1) is 17.6 Å². The van der Waals surface area contributed by atoms with Crippen LogP contribution in [-0.4, -0.2) is 31.3 Å². The molecule has 0 bridgehead atoms. The highest BCUT2D eigenvalue weighted by atomic mass is 32.2. The number of sulfone groups is 1. The van der Waals surface area contributed by atoms with Crippen molar-refractivity contribution in [2.24, 2.45) is 0 Å². The van der Waals surface area contributed by atoms with Gasteiger partial charge in [-0.15, -0.1) is 0 Å². The van der Waals surface area contributed by atoms with Crippen LogP contribution < -0.4 is 9.47 Å². The summed E-state index contributed by atoms with van der Waals surface area (Å²) in [6.07, 6.45) is 14.6. The number of unbranched alkanes of at least 4 members (excludes halogenated alkanes) is 7. The van der Waals surface area contributed by atoms with Gasteiger partial charge in [-0.2, -0.15) is 0 Å².